The molecule has 0 aliphatic heterocycles. The van der Waals surface area contributed by atoms with Gasteiger partial charge in [0.15, 0.2) is 0 Å². The summed E-state index contributed by atoms with van der Waals surface area (Å²) in [5.74, 6) is 0.377. The molecule has 0 unspecified atom stereocenters. The van der Waals surface area contributed by atoms with Crippen LogP contribution in [-0.2, 0) is 17.8 Å². The molecule has 3 aromatic rings. The molecule has 6 heteroatoms. The number of pyridine rings is 1. The first-order valence-electron chi connectivity index (χ1n) is 8.26. The van der Waals surface area contributed by atoms with E-state index in [1.165, 1.54) is 0 Å². The number of hydrogen-bond donors (Lipinski definition) is 1. The van der Waals surface area contributed by atoms with Gasteiger partial charge in [-0.1, -0.05) is 0 Å². The first-order chi connectivity index (χ1) is 12.5. The van der Waals surface area contributed by atoms with E-state index in [4.69, 9.17) is 9.15 Å². The van der Waals surface area contributed by atoms with Crippen LogP contribution in [0.25, 0.3) is 11.0 Å². The molecule has 0 spiro atoms. The zero-order valence-corrected chi connectivity index (χ0v) is 15.0. The molecule has 0 radical (unpaired) electrons. The molecule has 0 saturated heterocycles. The molecule has 1 N–H and O–H groups in total. The second-order valence-electron chi connectivity index (χ2n) is 6.14. The molecule has 0 bridgehead atoms. The number of rotatable bonds is 5. The summed E-state index contributed by atoms with van der Waals surface area (Å²) in [4.78, 5) is 28.6. The van der Waals surface area contributed by atoms with Crippen LogP contribution in [0.2, 0.25) is 0 Å². The average Bonchev–Trinajstić information content (AvgIpc) is 2.63. The second kappa shape index (κ2) is 7.39. The average molecular weight is 352 g/mol. The largest absolute Gasteiger partial charge is 0.496 e. The van der Waals surface area contributed by atoms with Crippen molar-refractivity contribution in [1.82, 2.24) is 10.3 Å². The molecule has 6 nitrogen and oxygen atoms in total. The highest BCUT2D eigenvalue weighted by molar-refractivity contribution is 5.89. The fraction of sp³-hybridized carbons (Fsp3) is 0.250. The number of nitrogens with one attached hydrogen (secondary N) is 1. The van der Waals surface area contributed by atoms with Crippen molar-refractivity contribution < 1.29 is 13.9 Å². The van der Waals surface area contributed by atoms with Crippen molar-refractivity contribution in [2.45, 2.75) is 26.8 Å². The predicted molar refractivity (Wildman–Crippen MR) is 98.3 cm³/mol. The Kier molecular flexibility index (Phi) is 5.02. The Labute approximate surface area is 150 Å². The third-order valence-electron chi connectivity index (χ3n) is 4.28. The van der Waals surface area contributed by atoms with Gasteiger partial charge in [-0.15, -0.1) is 0 Å². The molecule has 0 aliphatic carbocycles. The molecule has 1 amide bonds. The number of fused-ring (bicyclic) bond motifs is 1. The summed E-state index contributed by atoms with van der Waals surface area (Å²) in [6, 6.07) is 7.31. The number of aryl methyl sites for hydroxylation is 2. The van der Waals surface area contributed by atoms with E-state index in [0.717, 1.165) is 16.5 Å². The lowest BCUT2D eigenvalue weighted by molar-refractivity contribution is -0.120. The van der Waals surface area contributed by atoms with Gasteiger partial charge in [-0.25, -0.2) is 4.79 Å². The molecule has 26 heavy (non-hydrogen) atoms. The maximum absolute atomic E-state index is 12.4. The lowest BCUT2D eigenvalue weighted by Gasteiger charge is -2.12. The molecule has 1 aromatic carbocycles. The van der Waals surface area contributed by atoms with Crippen LogP contribution in [0.1, 0.15) is 22.3 Å². The third-order valence-corrected chi connectivity index (χ3v) is 4.28. The Morgan fingerprint density at radius 2 is 1.96 bits per heavy atom. The maximum atomic E-state index is 12.4. The highest BCUT2D eigenvalue weighted by Crippen LogP contribution is 2.30. The zero-order valence-electron chi connectivity index (χ0n) is 15.0. The number of hydrogen-bond acceptors (Lipinski definition) is 5. The Bertz CT molecular complexity index is 1010. The molecule has 0 fully saturated rings. The van der Waals surface area contributed by atoms with Crippen molar-refractivity contribution in [3.05, 3.63) is 69.3 Å². The summed E-state index contributed by atoms with van der Waals surface area (Å²) in [5.41, 5.74) is 2.87. The summed E-state index contributed by atoms with van der Waals surface area (Å²) < 4.78 is 10.9. The molecular formula is C20H20N2O4. The van der Waals surface area contributed by atoms with E-state index in [1.807, 2.05) is 32.0 Å². The van der Waals surface area contributed by atoms with E-state index in [0.29, 0.717) is 29.0 Å². The van der Waals surface area contributed by atoms with Crippen molar-refractivity contribution in [2.75, 3.05) is 7.11 Å². The van der Waals surface area contributed by atoms with Gasteiger partial charge in [0.25, 0.3) is 0 Å². The van der Waals surface area contributed by atoms with Crippen molar-refractivity contribution in [1.29, 1.82) is 0 Å². The summed E-state index contributed by atoms with van der Waals surface area (Å²) in [6.45, 7) is 4.09. The molecular weight excluding hydrogens is 332 g/mol. The number of carbonyl (C=O) groups excluding carboxylic acids is 1. The summed E-state index contributed by atoms with van der Waals surface area (Å²) in [7, 11) is 1.57. The normalized spacial score (nSPS) is 10.7. The van der Waals surface area contributed by atoms with Crippen LogP contribution in [0.5, 0.6) is 5.75 Å². The van der Waals surface area contributed by atoms with Gasteiger partial charge in [-0.05, 0) is 54.8 Å². The maximum Gasteiger partial charge on any atom is 0.340 e. The van der Waals surface area contributed by atoms with Crippen molar-refractivity contribution in [2.24, 2.45) is 0 Å². The van der Waals surface area contributed by atoms with Crippen LogP contribution >= 0.6 is 0 Å². The molecule has 0 saturated carbocycles. The lowest BCUT2D eigenvalue weighted by Crippen LogP contribution is -2.27. The topological polar surface area (TPSA) is 81.4 Å². The van der Waals surface area contributed by atoms with Gasteiger partial charge >= 0.3 is 5.63 Å². The minimum absolute atomic E-state index is 0.0494. The van der Waals surface area contributed by atoms with Crippen LogP contribution in [-0.4, -0.2) is 18.0 Å². The monoisotopic (exact) mass is 352 g/mol. The Morgan fingerprint density at radius 3 is 2.65 bits per heavy atom. The number of methoxy groups -OCH3 is 1. The first kappa shape index (κ1) is 17.7. The smallest absolute Gasteiger partial charge is 0.340 e. The van der Waals surface area contributed by atoms with Gasteiger partial charge in [-0.2, -0.15) is 0 Å². The minimum Gasteiger partial charge on any atom is -0.496 e. The summed E-state index contributed by atoms with van der Waals surface area (Å²) >= 11 is 0. The molecule has 2 heterocycles. The fourth-order valence-electron chi connectivity index (χ4n) is 2.93. The number of carbonyl (C=O) groups is 1. The van der Waals surface area contributed by atoms with E-state index in [-0.39, 0.29) is 12.3 Å². The highest BCUT2D eigenvalue weighted by atomic mass is 16.5. The second-order valence-corrected chi connectivity index (χ2v) is 6.14. The predicted octanol–water partition coefficient (Wildman–Crippen LogP) is 2.67. The Hall–Kier alpha value is -3.15. The Morgan fingerprint density at radius 1 is 1.23 bits per heavy atom. The van der Waals surface area contributed by atoms with Crippen LogP contribution in [0.3, 0.4) is 0 Å². The standard InChI is InChI=1S/C20H20N2O4/c1-12-8-16(25-3)19-13(2)15(20(24)26-17(19)9-12)10-18(23)22-11-14-4-6-21-7-5-14/h4-9H,10-11H2,1-3H3,(H,22,23). The van der Waals surface area contributed by atoms with E-state index in [2.05, 4.69) is 10.3 Å². The summed E-state index contributed by atoms with van der Waals surface area (Å²) in [6.07, 6.45) is 3.28. The van der Waals surface area contributed by atoms with E-state index < -0.39 is 5.63 Å². The van der Waals surface area contributed by atoms with Gasteiger partial charge in [0.2, 0.25) is 5.91 Å². The quantitative estimate of drug-likeness (QED) is 0.714. The first-order valence-corrected chi connectivity index (χ1v) is 8.26. The SMILES string of the molecule is COc1cc(C)cc2oc(=O)c(CC(=O)NCc3ccncc3)c(C)c12. The van der Waals surface area contributed by atoms with Gasteiger partial charge in [0, 0.05) is 18.9 Å². The molecule has 0 aliphatic rings. The molecule has 0 atom stereocenters. The van der Waals surface area contributed by atoms with E-state index >= 15 is 0 Å². The Balaban J connectivity index is 1.89. The van der Waals surface area contributed by atoms with Gasteiger partial charge in [0.05, 0.1) is 24.5 Å². The summed E-state index contributed by atoms with van der Waals surface area (Å²) in [5, 5.41) is 3.53. The molecule has 2 aromatic heterocycles. The highest BCUT2D eigenvalue weighted by Gasteiger charge is 2.17. The van der Waals surface area contributed by atoms with E-state index in [1.54, 1.807) is 25.6 Å². The number of nitrogens with zero attached hydrogens (tertiary/aromatic N) is 1. The number of benzene rings is 1. The van der Waals surface area contributed by atoms with Gasteiger partial charge < -0.3 is 14.5 Å². The minimum atomic E-state index is -0.498. The zero-order chi connectivity index (χ0) is 18.7. The van der Waals surface area contributed by atoms with E-state index in [9.17, 15) is 9.59 Å². The van der Waals surface area contributed by atoms with Crippen LogP contribution in [0.15, 0.2) is 45.9 Å². The third kappa shape index (κ3) is 3.59. The van der Waals surface area contributed by atoms with Crippen molar-refractivity contribution >= 4 is 16.9 Å². The molecule has 3 rings (SSSR count). The van der Waals surface area contributed by atoms with Crippen LogP contribution in [0, 0.1) is 13.8 Å². The number of amides is 1. The van der Waals surface area contributed by atoms with Gasteiger partial charge in [0.1, 0.15) is 11.3 Å². The van der Waals surface area contributed by atoms with Crippen molar-refractivity contribution in [3.63, 3.8) is 0 Å². The van der Waals surface area contributed by atoms with Crippen LogP contribution in [0.4, 0.5) is 0 Å². The fourth-order valence-corrected chi connectivity index (χ4v) is 2.93. The van der Waals surface area contributed by atoms with Crippen LogP contribution < -0.4 is 15.7 Å². The number of ether oxygens (including phenoxy) is 1. The number of aromatic nitrogens is 1. The lowest BCUT2D eigenvalue weighted by atomic mass is 10.0. The molecule has 134 valence electrons. The van der Waals surface area contributed by atoms with Gasteiger partial charge in [-0.3, -0.25) is 9.78 Å². The van der Waals surface area contributed by atoms with Crippen molar-refractivity contribution in [3.8, 4) is 5.75 Å².